The predicted molar refractivity (Wildman–Crippen MR) is 72.2 cm³/mol. The largest absolute Gasteiger partial charge is 0.493 e. The molecule has 6 heteroatoms. The molecule has 0 bridgehead atoms. The molecule has 2 aromatic rings. The van der Waals surface area contributed by atoms with Crippen molar-refractivity contribution in [3.05, 3.63) is 47.9 Å². The zero-order chi connectivity index (χ0) is 13.5. The smallest absolute Gasteiger partial charge is 0.228 e. The van der Waals surface area contributed by atoms with Crippen molar-refractivity contribution in [1.29, 1.82) is 0 Å². The average molecular weight is 278 g/mol. The van der Waals surface area contributed by atoms with E-state index in [1.807, 2.05) is 30.3 Å². The molecule has 98 valence electrons. The van der Waals surface area contributed by atoms with E-state index in [-0.39, 0.29) is 17.5 Å². The van der Waals surface area contributed by atoms with Gasteiger partial charge >= 0.3 is 0 Å². The van der Waals surface area contributed by atoms with Gasteiger partial charge in [-0.15, -0.1) is 0 Å². The zero-order valence-corrected chi connectivity index (χ0v) is 10.8. The maximum atomic E-state index is 11.6. The second kappa shape index (κ2) is 6.70. The number of carbonyl (C=O) groups is 1. The van der Waals surface area contributed by atoms with Gasteiger partial charge in [0.1, 0.15) is 10.9 Å². The lowest BCUT2D eigenvalue weighted by Crippen LogP contribution is -2.16. The minimum Gasteiger partial charge on any atom is -0.493 e. The molecule has 0 saturated heterocycles. The molecule has 0 saturated carbocycles. The first kappa shape index (κ1) is 13.3. The van der Waals surface area contributed by atoms with Gasteiger partial charge in [0, 0.05) is 0 Å². The summed E-state index contributed by atoms with van der Waals surface area (Å²) in [5, 5.41) is 2.89. The number of carbonyl (C=O) groups excluding carboxylic acids is 1. The monoisotopic (exact) mass is 277 g/mol. The van der Waals surface area contributed by atoms with E-state index in [1.54, 1.807) is 0 Å². The third-order valence-corrected chi connectivity index (χ3v) is 2.42. The van der Waals surface area contributed by atoms with Crippen molar-refractivity contribution in [2.45, 2.75) is 6.42 Å². The number of hydrogen-bond acceptors (Lipinski definition) is 4. The van der Waals surface area contributed by atoms with Gasteiger partial charge in [0.05, 0.1) is 25.4 Å². The van der Waals surface area contributed by atoms with Crippen LogP contribution >= 0.6 is 11.6 Å². The average Bonchev–Trinajstić information content (AvgIpc) is 2.43. The van der Waals surface area contributed by atoms with Gasteiger partial charge < -0.3 is 10.1 Å². The van der Waals surface area contributed by atoms with Crippen LogP contribution in [0.1, 0.15) is 6.42 Å². The highest BCUT2D eigenvalue weighted by atomic mass is 35.5. The SMILES string of the molecule is O=C(CCOc1ccccc1)Nc1cnc(Cl)cn1. The number of anilines is 1. The van der Waals surface area contributed by atoms with Crippen molar-refractivity contribution < 1.29 is 9.53 Å². The van der Waals surface area contributed by atoms with Crippen molar-refractivity contribution in [1.82, 2.24) is 9.97 Å². The Labute approximate surface area is 115 Å². The summed E-state index contributed by atoms with van der Waals surface area (Å²) in [4.78, 5) is 19.3. The van der Waals surface area contributed by atoms with Gasteiger partial charge in [-0.25, -0.2) is 9.97 Å². The maximum Gasteiger partial charge on any atom is 0.228 e. The Balaban J connectivity index is 1.74. The number of hydrogen-bond donors (Lipinski definition) is 1. The fourth-order valence-electron chi connectivity index (χ4n) is 1.36. The first-order chi connectivity index (χ1) is 9.24. The Kier molecular flexibility index (Phi) is 4.69. The molecule has 0 spiro atoms. The molecule has 0 fully saturated rings. The van der Waals surface area contributed by atoms with E-state index in [4.69, 9.17) is 16.3 Å². The van der Waals surface area contributed by atoms with Crippen LogP contribution in [-0.2, 0) is 4.79 Å². The van der Waals surface area contributed by atoms with Crippen LogP contribution in [0.2, 0.25) is 5.15 Å². The molecule has 0 atom stereocenters. The molecule has 2 rings (SSSR count). The summed E-state index contributed by atoms with van der Waals surface area (Å²) in [6.45, 7) is 0.302. The molecule has 0 unspecified atom stereocenters. The number of aromatic nitrogens is 2. The second-order valence-corrected chi connectivity index (χ2v) is 4.07. The molecule has 0 aliphatic carbocycles. The van der Waals surface area contributed by atoms with Crippen molar-refractivity contribution in [3.63, 3.8) is 0 Å². The lowest BCUT2D eigenvalue weighted by molar-refractivity contribution is -0.116. The van der Waals surface area contributed by atoms with Crippen LogP contribution < -0.4 is 10.1 Å². The lowest BCUT2D eigenvalue weighted by Gasteiger charge is -2.06. The molecule has 1 heterocycles. The summed E-state index contributed by atoms with van der Waals surface area (Å²) in [6, 6.07) is 9.32. The number of amides is 1. The van der Waals surface area contributed by atoms with Crippen molar-refractivity contribution in [3.8, 4) is 5.75 Å². The first-order valence-electron chi connectivity index (χ1n) is 5.69. The topological polar surface area (TPSA) is 64.1 Å². The van der Waals surface area contributed by atoms with E-state index in [9.17, 15) is 4.79 Å². The van der Waals surface area contributed by atoms with Crippen molar-refractivity contribution in [2.75, 3.05) is 11.9 Å². The Morgan fingerprint density at radius 3 is 2.68 bits per heavy atom. The Bertz CT molecular complexity index is 531. The van der Waals surface area contributed by atoms with Gasteiger partial charge in [-0.1, -0.05) is 29.8 Å². The summed E-state index contributed by atoms with van der Waals surface area (Å²) >= 11 is 5.59. The van der Waals surface area contributed by atoms with Gasteiger partial charge in [0.15, 0.2) is 5.82 Å². The Morgan fingerprint density at radius 2 is 2.00 bits per heavy atom. The van der Waals surface area contributed by atoms with E-state index in [0.29, 0.717) is 12.4 Å². The number of ether oxygens (including phenoxy) is 1. The molecule has 19 heavy (non-hydrogen) atoms. The molecular formula is C13H12ClN3O2. The molecule has 0 radical (unpaired) electrons. The van der Waals surface area contributed by atoms with E-state index < -0.39 is 0 Å². The van der Waals surface area contributed by atoms with Crippen LogP contribution in [0.15, 0.2) is 42.7 Å². The number of nitrogens with zero attached hydrogens (tertiary/aromatic N) is 2. The summed E-state index contributed by atoms with van der Waals surface area (Å²) < 4.78 is 5.42. The number of benzene rings is 1. The quantitative estimate of drug-likeness (QED) is 0.912. The van der Waals surface area contributed by atoms with Crippen LogP contribution in [-0.4, -0.2) is 22.5 Å². The van der Waals surface area contributed by atoms with Crippen LogP contribution in [0, 0.1) is 0 Å². The summed E-state index contributed by atoms with van der Waals surface area (Å²) in [6.07, 6.45) is 3.01. The molecule has 5 nitrogen and oxygen atoms in total. The van der Waals surface area contributed by atoms with Gasteiger partial charge in [0.2, 0.25) is 5.91 Å². The maximum absolute atomic E-state index is 11.6. The van der Waals surface area contributed by atoms with Crippen LogP contribution in [0.5, 0.6) is 5.75 Å². The molecule has 0 aliphatic rings. The Hall–Kier alpha value is -2.14. The highest BCUT2D eigenvalue weighted by molar-refractivity contribution is 6.29. The fourth-order valence-corrected chi connectivity index (χ4v) is 1.46. The minimum absolute atomic E-state index is 0.187. The zero-order valence-electron chi connectivity index (χ0n) is 10.0. The van der Waals surface area contributed by atoms with Crippen LogP contribution in [0.3, 0.4) is 0 Å². The third kappa shape index (κ3) is 4.56. The molecule has 1 amide bonds. The van der Waals surface area contributed by atoms with Gasteiger partial charge in [-0.2, -0.15) is 0 Å². The van der Waals surface area contributed by atoms with Crippen molar-refractivity contribution >= 4 is 23.3 Å². The molecule has 0 aliphatic heterocycles. The highest BCUT2D eigenvalue weighted by Gasteiger charge is 2.04. The van der Waals surface area contributed by atoms with E-state index in [1.165, 1.54) is 12.4 Å². The number of para-hydroxylation sites is 1. The van der Waals surface area contributed by atoms with E-state index >= 15 is 0 Å². The fraction of sp³-hybridized carbons (Fsp3) is 0.154. The number of halogens is 1. The van der Waals surface area contributed by atoms with E-state index in [0.717, 1.165) is 5.75 Å². The van der Waals surface area contributed by atoms with Gasteiger partial charge in [-0.05, 0) is 12.1 Å². The molecular weight excluding hydrogens is 266 g/mol. The second-order valence-electron chi connectivity index (χ2n) is 3.68. The minimum atomic E-state index is -0.187. The van der Waals surface area contributed by atoms with Gasteiger partial charge in [0.25, 0.3) is 0 Å². The molecule has 1 aromatic carbocycles. The normalized spacial score (nSPS) is 9.95. The van der Waals surface area contributed by atoms with Crippen molar-refractivity contribution in [2.24, 2.45) is 0 Å². The molecule has 1 aromatic heterocycles. The number of rotatable bonds is 5. The van der Waals surface area contributed by atoms with Crippen LogP contribution in [0.25, 0.3) is 0 Å². The summed E-state index contributed by atoms with van der Waals surface area (Å²) in [5.41, 5.74) is 0. The summed E-state index contributed by atoms with van der Waals surface area (Å²) in [5.74, 6) is 0.920. The van der Waals surface area contributed by atoms with E-state index in [2.05, 4.69) is 15.3 Å². The standard InChI is InChI=1S/C13H12ClN3O2/c14-11-8-16-12(9-15-11)17-13(18)6-7-19-10-4-2-1-3-5-10/h1-5,8-9H,6-7H2,(H,16,17,18). The summed E-state index contributed by atoms with van der Waals surface area (Å²) in [7, 11) is 0. The highest BCUT2D eigenvalue weighted by Crippen LogP contribution is 2.09. The molecule has 1 N–H and O–H groups in total. The number of nitrogens with one attached hydrogen (secondary N) is 1. The third-order valence-electron chi connectivity index (χ3n) is 2.23. The van der Waals surface area contributed by atoms with Crippen LogP contribution in [0.4, 0.5) is 5.82 Å². The first-order valence-corrected chi connectivity index (χ1v) is 6.07. The predicted octanol–water partition coefficient (Wildman–Crippen LogP) is 2.54. The lowest BCUT2D eigenvalue weighted by atomic mass is 10.3. The Morgan fingerprint density at radius 1 is 1.21 bits per heavy atom. The van der Waals surface area contributed by atoms with Gasteiger partial charge in [-0.3, -0.25) is 4.79 Å².